The lowest BCUT2D eigenvalue weighted by molar-refractivity contribution is 1.29. The average molecular weight is 158 g/mol. The van der Waals surface area contributed by atoms with Gasteiger partial charge in [0, 0.05) is 7.05 Å². The summed E-state index contributed by atoms with van der Waals surface area (Å²) < 4.78 is 0. The molecule has 0 fully saturated rings. The van der Waals surface area contributed by atoms with Gasteiger partial charge in [-0.1, -0.05) is 11.6 Å². The molecule has 54 valence electrons. The van der Waals surface area contributed by atoms with Crippen molar-refractivity contribution in [3.05, 3.63) is 17.3 Å². The summed E-state index contributed by atoms with van der Waals surface area (Å²) in [6.07, 6.45) is 1.55. The molecule has 0 aliphatic rings. The van der Waals surface area contributed by atoms with Crippen LogP contribution in [0.5, 0.6) is 0 Å². The quantitative estimate of drug-likeness (QED) is 0.647. The highest BCUT2D eigenvalue weighted by Gasteiger charge is 1.97. The normalized spacial score (nSPS) is 9.40. The maximum atomic E-state index is 5.72. The predicted molar refractivity (Wildman–Crippen MR) is 43.2 cm³/mol. The van der Waals surface area contributed by atoms with Crippen LogP contribution in [0.1, 0.15) is 0 Å². The van der Waals surface area contributed by atoms with Gasteiger partial charge >= 0.3 is 0 Å². The van der Waals surface area contributed by atoms with Crippen molar-refractivity contribution in [2.45, 2.75) is 0 Å². The summed E-state index contributed by atoms with van der Waals surface area (Å²) in [6.45, 7) is 0. The molecule has 4 heteroatoms. The molecule has 10 heavy (non-hydrogen) atoms. The Labute approximate surface area is 64.2 Å². The first-order chi connectivity index (χ1) is 4.74. The number of nitrogens with two attached hydrogens (primary N) is 1. The molecule has 0 unspecified atom stereocenters. The molecule has 0 saturated heterocycles. The summed E-state index contributed by atoms with van der Waals surface area (Å²) in [5.74, 6) is 0.649. The van der Waals surface area contributed by atoms with Gasteiger partial charge in [-0.15, -0.1) is 0 Å². The standard InChI is InChI=1S/C6H8ClN3/c1-9-6-5(7)2-4(8)3-10-6/h2-3H,8H2,1H3,(H,9,10). The smallest absolute Gasteiger partial charge is 0.144 e. The minimum Gasteiger partial charge on any atom is -0.397 e. The van der Waals surface area contributed by atoms with Crippen molar-refractivity contribution in [1.29, 1.82) is 0 Å². The third-order valence-electron chi connectivity index (χ3n) is 1.10. The molecule has 0 amide bonds. The van der Waals surface area contributed by atoms with Crippen LogP contribution in [0, 0.1) is 0 Å². The van der Waals surface area contributed by atoms with E-state index < -0.39 is 0 Å². The molecule has 0 aliphatic heterocycles. The number of hydrogen-bond donors (Lipinski definition) is 2. The van der Waals surface area contributed by atoms with Crippen molar-refractivity contribution in [3.8, 4) is 0 Å². The topological polar surface area (TPSA) is 50.9 Å². The number of nitrogens with one attached hydrogen (secondary N) is 1. The van der Waals surface area contributed by atoms with Crippen LogP contribution in [0.25, 0.3) is 0 Å². The lowest BCUT2D eigenvalue weighted by atomic mass is 10.4. The zero-order chi connectivity index (χ0) is 7.56. The summed E-state index contributed by atoms with van der Waals surface area (Å²) in [5, 5.41) is 3.37. The highest BCUT2D eigenvalue weighted by Crippen LogP contribution is 2.19. The van der Waals surface area contributed by atoms with Crippen LogP contribution >= 0.6 is 11.6 Å². The average Bonchev–Trinajstić information content (AvgIpc) is 1.88. The van der Waals surface area contributed by atoms with E-state index in [1.807, 2.05) is 0 Å². The molecule has 0 bridgehead atoms. The molecule has 0 radical (unpaired) electrons. The van der Waals surface area contributed by atoms with Crippen molar-refractivity contribution < 1.29 is 0 Å². The number of rotatable bonds is 1. The number of pyridine rings is 1. The Balaban J connectivity index is 3.07. The van der Waals surface area contributed by atoms with Crippen molar-refractivity contribution in [2.75, 3.05) is 18.1 Å². The van der Waals surface area contributed by atoms with Crippen molar-refractivity contribution in [1.82, 2.24) is 4.98 Å². The maximum Gasteiger partial charge on any atom is 0.144 e. The monoisotopic (exact) mass is 157 g/mol. The van der Waals surface area contributed by atoms with E-state index >= 15 is 0 Å². The van der Waals surface area contributed by atoms with Crippen LogP contribution in [0.2, 0.25) is 5.02 Å². The Morgan fingerprint density at radius 1 is 1.70 bits per heavy atom. The molecule has 1 heterocycles. The third-order valence-corrected chi connectivity index (χ3v) is 1.39. The Kier molecular flexibility index (Phi) is 1.97. The van der Waals surface area contributed by atoms with Gasteiger partial charge in [-0.25, -0.2) is 4.98 Å². The summed E-state index contributed by atoms with van der Waals surface area (Å²) in [5.41, 5.74) is 5.98. The van der Waals surface area contributed by atoms with E-state index in [0.29, 0.717) is 16.5 Å². The fourth-order valence-electron chi connectivity index (χ4n) is 0.637. The zero-order valence-corrected chi connectivity index (χ0v) is 6.31. The molecule has 0 saturated carbocycles. The van der Waals surface area contributed by atoms with Crippen molar-refractivity contribution in [2.24, 2.45) is 0 Å². The summed E-state index contributed by atoms with van der Waals surface area (Å²) >= 11 is 5.72. The van der Waals surface area contributed by atoms with Gasteiger partial charge in [-0.05, 0) is 6.07 Å². The Morgan fingerprint density at radius 2 is 2.40 bits per heavy atom. The van der Waals surface area contributed by atoms with Crippen LogP contribution in [-0.4, -0.2) is 12.0 Å². The van der Waals surface area contributed by atoms with Gasteiger partial charge in [0.25, 0.3) is 0 Å². The molecular weight excluding hydrogens is 150 g/mol. The first-order valence-corrected chi connectivity index (χ1v) is 3.20. The molecule has 1 aromatic heterocycles. The zero-order valence-electron chi connectivity index (χ0n) is 5.56. The highest BCUT2D eigenvalue weighted by atomic mass is 35.5. The summed E-state index contributed by atoms with van der Waals surface area (Å²) in [4.78, 5) is 3.93. The molecule has 3 nitrogen and oxygen atoms in total. The Hall–Kier alpha value is -0.960. The molecule has 0 aliphatic carbocycles. The first-order valence-electron chi connectivity index (χ1n) is 2.83. The van der Waals surface area contributed by atoms with Gasteiger partial charge in [0.05, 0.1) is 16.9 Å². The minimum atomic E-state index is 0.544. The number of anilines is 2. The van der Waals surface area contributed by atoms with Crippen molar-refractivity contribution in [3.63, 3.8) is 0 Å². The van der Waals surface area contributed by atoms with Gasteiger partial charge in [0.1, 0.15) is 5.82 Å². The van der Waals surface area contributed by atoms with E-state index in [4.69, 9.17) is 17.3 Å². The summed E-state index contributed by atoms with van der Waals surface area (Å²) in [6, 6.07) is 1.65. The first kappa shape index (κ1) is 7.15. The van der Waals surface area contributed by atoms with Gasteiger partial charge in [0.15, 0.2) is 0 Å². The molecule has 0 aromatic carbocycles. The highest BCUT2D eigenvalue weighted by molar-refractivity contribution is 6.33. The van der Waals surface area contributed by atoms with Crippen LogP contribution in [0.4, 0.5) is 11.5 Å². The Bertz CT molecular complexity index is 236. The molecule has 1 rings (SSSR count). The number of hydrogen-bond acceptors (Lipinski definition) is 3. The second kappa shape index (κ2) is 2.75. The fraction of sp³-hybridized carbons (Fsp3) is 0.167. The SMILES string of the molecule is CNc1ncc(N)cc1Cl. The number of aromatic nitrogens is 1. The van der Waals surface area contributed by atoms with Crippen LogP contribution in [0.3, 0.4) is 0 Å². The van der Waals surface area contributed by atoms with E-state index in [9.17, 15) is 0 Å². The molecule has 0 spiro atoms. The predicted octanol–water partition coefficient (Wildman–Crippen LogP) is 1.36. The largest absolute Gasteiger partial charge is 0.397 e. The molecule has 3 N–H and O–H groups in total. The number of nitrogens with zero attached hydrogens (tertiary/aromatic N) is 1. The Morgan fingerprint density at radius 3 is 2.90 bits per heavy atom. The van der Waals surface area contributed by atoms with Gasteiger partial charge < -0.3 is 11.1 Å². The number of halogens is 1. The van der Waals surface area contributed by atoms with Gasteiger partial charge in [-0.2, -0.15) is 0 Å². The summed E-state index contributed by atoms with van der Waals surface area (Å²) in [7, 11) is 1.75. The second-order valence-corrected chi connectivity index (χ2v) is 2.26. The molecular formula is C6H8ClN3. The van der Waals surface area contributed by atoms with E-state index in [-0.39, 0.29) is 0 Å². The van der Waals surface area contributed by atoms with Gasteiger partial charge in [-0.3, -0.25) is 0 Å². The lowest BCUT2D eigenvalue weighted by Gasteiger charge is -2.00. The van der Waals surface area contributed by atoms with Crippen LogP contribution in [-0.2, 0) is 0 Å². The second-order valence-electron chi connectivity index (χ2n) is 1.85. The maximum absolute atomic E-state index is 5.72. The molecule has 1 aromatic rings. The minimum absolute atomic E-state index is 0.544. The van der Waals surface area contributed by atoms with E-state index in [1.54, 1.807) is 19.3 Å². The van der Waals surface area contributed by atoms with Crippen LogP contribution in [0.15, 0.2) is 12.3 Å². The van der Waals surface area contributed by atoms with E-state index in [2.05, 4.69) is 10.3 Å². The van der Waals surface area contributed by atoms with Gasteiger partial charge in [0.2, 0.25) is 0 Å². The number of nitrogen functional groups attached to an aromatic ring is 1. The fourth-order valence-corrected chi connectivity index (χ4v) is 0.906. The van der Waals surface area contributed by atoms with Crippen LogP contribution < -0.4 is 11.1 Å². The molecule has 0 atom stereocenters. The van der Waals surface area contributed by atoms with E-state index in [1.165, 1.54) is 0 Å². The van der Waals surface area contributed by atoms with Crippen molar-refractivity contribution >= 4 is 23.1 Å². The lowest BCUT2D eigenvalue weighted by Crippen LogP contribution is -1.94. The third kappa shape index (κ3) is 1.30. The van der Waals surface area contributed by atoms with E-state index in [0.717, 1.165) is 0 Å².